The van der Waals surface area contributed by atoms with Crippen LogP contribution in [0.2, 0.25) is 0 Å². The molecule has 0 unspecified atom stereocenters. The number of carbonyl (C=O) groups excluding carboxylic acids is 1. The highest BCUT2D eigenvalue weighted by molar-refractivity contribution is 9.11. The Labute approximate surface area is 125 Å². The molecule has 98 valence electrons. The van der Waals surface area contributed by atoms with Gasteiger partial charge in [0.25, 0.3) is 0 Å². The Hall–Kier alpha value is -1.07. The molecule has 0 atom stereocenters. The van der Waals surface area contributed by atoms with Crippen LogP contribution in [0.4, 0.5) is 8.78 Å². The standard InChI is InChI=1S/C14H8Br2F2O/c1-7-2-3-11(13(18)12(7)17)14(19)8-4-9(15)6-10(16)5-8/h2-6H,1H3. The first-order valence-corrected chi connectivity index (χ1v) is 6.94. The van der Waals surface area contributed by atoms with Gasteiger partial charge in [0.2, 0.25) is 0 Å². The third kappa shape index (κ3) is 2.92. The third-order valence-electron chi connectivity index (χ3n) is 2.64. The highest BCUT2D eigenvalue weighted by atomic mass is 79.9. The van der Waals surface area contributed by atoms with Crippen LogP contribution in [0.1, 0.15) is 21.5 Å². The topological polar surface area (TPSA) is 17.1 Å². The lowest BCUT2D eigenvalue weighted by atomic mass is 10.0. The van der Waals surface area contributed by atoms with Crippen molar-refractivity contribution in [3.63, 3.8) is 0 Å². The van der Waals surface area contributed by atoms with E-state index >= 15 is 0 Å². The van der Waals surface area contributed by atoms with Crippen LogP contribution in [0, 0.1) is 18.6 Å². The monoisotopic (exact) mass is 388 g/mol. The number of ketones is 1. The molecule has 2 aromatic carbocycles. The van der Waals surface area contributed by atoms with Crippen LogP contribution < -0.4 is 0 Å². The Morgan fingerprint density at radius 1 is 1.00 bits per heavy atom. The summed E-state index contributed by atoms with van der Waals surface area (Å²) in [7, 11) is 0. The number of rotatable bonds is 2. The molecule has 0 fully saturated rings. The number of halogens is 4. The van der Waals surface area contributed by atoms with Gasteiger partial charge in [-0.15, -0.1) is 0 Å². The molecule has 0 aliphatic carbocycles. The maximum Gasteiger partial charge on any atom is 0.196 e. The Bertz CT molecular complexity index is 648. The van der Waals surface area contributed by atoms with E-state index in [1.165, 1.54) is 19.1 Å². The summed E-state index contributed by atoms with van der Waals surface area (Å²) in [5, 5.41) is 0. The molecule has 19 heavy (non-hydrogen) atoms. The van der Waals surface area contributed by atoms with E-state index in [-0.39, 0.29) is 16.7 Å². The van der Waals surface area contributed by atoms with Crippen LogP contribution in [-0.4, -0.2) is 5.78 Å². The fourth-order valence-electron chi connectivity index (χ4n) is 1.66. The van der Waals surface area contributed by atoms with Gasteiger partial charge in [-0.05, 0) is 36.8 Å². The number of hydrogen-bond acceptors (Lipinski definition) is 1. The van der Waals surface area contributed by atoms with Gasteiger partial charge >= 0.3 is 0 Å². The Balaban J connectivity index is 2.53. The first kappa shape index (κ1) is 14.3. The van der Waals surface area contributed by atoms with Crippen LogP contribution in [0.15, 0.2) is 39.3 Å². The second-order valence-corrected chi connectivity index (χ2v) is 5.88. The Morgan fingerprint density at radius 3 is 2.16 bits per heavy atom. The van der Waals surface area contributed by atoms with Crippen molar-refractivity contribution in [3.8, 4) is 0 Å². The molecule has 5 heteroatoms. The minimum atomic E-state index is -1.11. The summed E-state index contributed by atoms with van der Waals surface area (Å²) >= 11 is 6.50. The predicted octanol–water partition coefficient (Wildman–Crippen LogP) is 5.03. The molecule has 0 aromatic heterocycles. The molecule has 0 saturated heterocycles. The van der Waals surface area contributed by atoms with E-state index in [2.05, 4.69) is 31.9 Å². The van der Waals surface area contributed by atoms with E-state index in [1.54, 1.807) is 18.2 Å². The molecule has 0 bridgehead atoms. The maximum absolute atomic E-state index is 13.8. The molecule has 0 aliphatic rings. The molecule has 0 saturated carbocycles. The molecular weight excluding hydrogens is 382 g/mol. The molecule has 0 amide bonds. The molecule has 0 radical (unpaired) electrons. The quantitative estimate of drug-likeness (QED) is 0.658. The summed E-state index contributed by atoms with van der Waals surface area (Å²) < 4.78 is 28.6. The van der Waals surface area contributed by atoms with Gasteiger partial charge < -0.3 is 0 Å². The zero-order chi connectivity index (χ0) is 14.2. The summed E-state index contributed by atoms with van der Waals surface area (Å²) in [6.07, 6.45) is 0. The normalized spacial score (nSPS) is 10.6. The van der Waals surface area contributed by atoms with E-state index in [1.807, 2.05) is 0 Å². The lowest BCUT2D eigenvalue weighted by Gasteiger charge is -2.06. The SMILES string of the molecule is Cc1ccc(C(=O)c2cc(Br)cc(Br)c2)c(F)c1F. The smallest absolute Gasteiger partial charge is 0.196 e. The first-order valence-electron chi connectivity index (χ1n) is 5.35. The zero-order valence-corrected chi connectivity index (χ0v) is 13.0. The lowest BCUT2D eigenvalue weighted by molar-refractivity contribution is 0.103. The molecule has 1 nitrogen and oxygen atoms in total. The van der Waals surface area contributed by atoms with Crippen molar-refractivity contribution >= 4 is 37.6 Å². The van der Waals surface area contributed by atoms with Gasteiger partial charge in [0.15, 0.2) is 17.4 Å². The summed E-state index contributed by atoms with van der Waals surface area (Å²) in [6.45, 7) is 1.45. The van der Waals surface area contributed by atoms with Gasteiger partial charge in [0.1, 0.15) is 0 Å². The van der Waals surface area contributed by atoms with Crippen molar-refractivity contribution in [2.45, 2.75) is 6.92 Å². The highest BCUT2D eigenvalue weighted by Crippen LogP contribution is 2.24. The van der Waals surface area contributed by atoms with Crippen molar-refractivity contribution in [2.75, 3.05) is 0 Å². The number of hydrogen-bond donors (Lipinski definition) is 0. The van der Waals surface area contributed by atoms with E-state index in [9.17, 15) is 13.6 Å². The van der Waals surface area contributed by atoms with E-state index < -0.39 is 17.4 Å². The van der Waals surface area contributed by atoms with Gasteiger partial charge in [-0.25, -0.2) is 8.78 Å². The third-order valence-corrected chi connectivity index (χ3v) is 3.56. The summed E-state index contributed by atoms with van der Waals surface area (Å²) in [6, 6.07) is 7.56. The molecule has 2 rings (SSSR count). The van der Waals surface area contributed by atoms with Crippen LogP contribution in [0.25, 0.3) is 0 Å². The van der Waals surface area contributed by atoms with Crippen molar-refractivity contribution in [2.24, 2.45) is 0 Å². The Morgan fingerprint density at radius 2 is 1.58 bits per heavy atom. The van der Waals surface area contributed by atoms with Gasteiger partial charge in [-0.2, -0.15) is 0 Å². The molecule has 0 aliphatic heterocycles. The van der Waals surface area contributed by atoms with Crippen LogP contribution in [0.3, 0.4) is 0 Å². The van der Waals surface area contributed by atoms with Crippen molar-refractivity contribution in [3.05, 3.63) is 67.6 Å². The fourth-order valence-corrected chi connectivity index (χ4v) is 2.96. The number of aryl methyl sites for hydroxylation is 1. The van der Waals surface area contributed by atoms with Crippen molar-refractivity contribution < 1.29 is 13.6 Å². The highest BCUT2D eigenvalue weighted by Gasteiger charge is 2.19. The largest absolute Gasteiger partial charge is 0.288 e. The van der Waals surface area contributed by atoms with E-state index in [0.29, 0.717) is 8.95 Å². The van der Waals surface area contributed by atoms with Gasteiger partial charge in [0, 0.05) is 14.5 Å². The minimum Gasteiger partial charge on any atom is -0.288 e. The predicted molar refractivity (Wildman–Crippen MR) is 76.4 cm³/mol. The summed E-state index contributed by atoms with van der Waals surface area (Å²) in [4.78, 5) is 12.2. The lowest BCUT2D eigenvalue weighted by Crippen LogP contribution is -2.07. The van der Waals surface area contributed by atoms with Crippen LogP contribution >= 0.6 is 31.9 Å². The number of carbonyl (C=O) groups is 1. The second-order valence-electron chi connectivity index (χ2n) is 4.05. The molecule has 0 spiro atoms. The van der Waals surface area contributed by atoms with Gasteiger partial charge in [0.05, 0.1) is 5.56 Å². The minimum absolute atomic E-state index is 0.171. The summed E-state index contributed by atoms with van der Waals surface area (Å²) in [5.41, 5.74) is 0.181. The van der Waals surface area contributed by atoms with Crippen molar-refractivity contribution in [1.82, 2.24) is 0 Å². The van der Waals surface area contributed by atoms with E-state index in [4.69, 9.17) is 0 Å². The van der Waals surface area contributed by atoms with Crippen LogP contribution in [-0.2, 0) is 0 Å². The Kier molecular flexibility index (Phi) is 4.16. The van der Waals surface area contributed by atoms with Gasteiger partial charge in [-0.1, -0.05) is 37.9 Å². The summed E-state index contributed by atoms with van der Waals surface area (Å²) in [5.74, 6) is -2.65. The molecule has 0 heterocycles. The van der Waals surface area contributed by atoms with E-state index in [0.717, 1.165) is 0 Å². The van der Waals surface area contributed by atoms with Gasteiger partial charge in [-0.3, -0.25) is 4.79 Å². The fraction of sp³-hybridized carbons (Fsp3) is 0.0714. The first-order chi connectivity index (χ1) is 8.90. The number of benzene rings is 2. The average Bonchev–Trinajstić information content (AvgIpc) is 2.34. The zero-order valence-electron chi connectivity index (χ0n) is 9.81. The second kappa shape index (κ2) is 5.51. The van der Waals surface area contributed by atoms with Crippen LogP contribution in [0.5, 0.6) is 0 Å². The molecule has 0 N–H and O–H groups in total. The average molecular weight is 390 g/mol. The van der Waals surface area contributed by atoms with Crippen molar-refractivity contribution in [1.29, 1.82) is 0 Å². The molecule has 2 aromatic rings. The molecular formula is C14H8Br2F2O. The maximum atomic E-state index is 13.8.